The lowest BCUT2D eigenvalue weighted by Crippen LogP contribution is -2.61. The third kappa shape index (κ3) is 9.65. The molecule has 10 nitrogen and oxygen atoms in total. The number of nitrogens with two attached hydrogens (primary N) is 1. The largest absolute Gasteiger partial charge is 0.480 e. The van der Waals surface area contributed by atoms with Gasteiger partial charge in [0.15, 0.2) is 0 Å². The SMILES string of the molecule is CCC(C)C(N)C(=O)NC(C(=O)NC(C(=O)NC(CC(C)C)C(=O)O)C(C)O)C(C)C. The van der Waals surface area contributed by atoms with Crippen molar-refractivity contribution in [3.8, 4) is 0 Å². The van der Waals surface area contributed by atoms with E-state index >= 15 is 0 Å². The summed E-state index contributed by atoms with van der Waals surface area (Å²) in [6, 6.07) is -4.31. The Labute approximate surface area is 184 Å². The average Bonchev–Trinajstić information content (AvgIpc) is 2.66. The van der Waals surface area contributed by atoms with Crippen LogP contribution in [0.5, 0.6) is 0 Å². The number of aliphatic carboxylic acids is 1. The summed E-state index contributed by atoms with van der Waals surface area (Å²) in [5.74, 6) is -3.57. The van der Waals surface area contributed by atoms with Gasteiger partial charge in [-0.15, -0.1) is 0 Å². The minimum Gasteiger partial charge on any atom is -0.480 e. The summed E-state index contributed by atoms with van der Waals surface area (Å²) < 4.78 is 0. The molecule has 6 atom stereocenters. The molecule has 10 heteroatoms. The van der Waals surface area contributed by atoms with E-state index in [-0.39, 0.29) is 24.2 Å². The summed E-state index contributed by atoms with van der Waals surface area (Å²) in [6.07, 6.45) is -0.401. The van der Waals surface area contributed by atoms with E-state index in [0.717, 1.165) is 0 Å². The fraction of sp³-hybridized carbons (Fsp3) is 0.810. The predicted molar refractivity (Wildman–Crippen MR) is 117 cm³/mol. The first-order chi connectivity index (χ1) is 14.2. The zero-order chi connectivity index (χ0) is 24.5. The van der Waals surface area contributed by atoms with Gasteiger partial charge in [0, 0.05) is 0 Å². The van der Waals surface area contributed by atoms with E-state index in [2.05, 4.69) is 16.0 Å². The highest BCUT2D eigenvalue weighted by Crippen LogP contribution is 2.10. The molecule has 7 N–H and O–H groups in total. The molecule has 0 saturated carbocycles. The van der Waals surface area contributed by atoms with Crippen LogP contribution in [-0.2, 0) is 19.2 Å². The Morgan fingerprint density at radius 3 is 1.71 bits per heavy atom. The van der Waals surface area contributed by atoms with Crippen LogP contribution in [-0.4, -0.2) is 64.2 Å². The maximum atomic E-state index is 12.8. The summed E-state index contributed by atoms with van der Waals surface area (Å²) in [7, 11) is 0. The Morgan fingerprint density at radius 1 is 0.839 bits per heavy atom. The Hall–Kier alpha value is -2.20. The monoisotopic (exact) mass is 444 g/mol. The Kier molecular flexibility index (Phi) is 12.3. The third-order valence-electron chi connectivity index (χ3n) is 5.19. The van der Waals surface area contributed by atoms with Crippen LogP contribution in [0.1, 0.15) is 61.3 Å². The number of aliphatic hydroxyl groups excluding tert-OH is 1. The lowest BCUT2D eigenvalue weighted by molar-refractivity contribution is -0.143. The van der Waals surface area contributed by atoms with Crippen LogP contribution in [0.2, 0.25) is 0 Å². The van der Waals surface area contributed by atoms with Crippen LogP contribution in [0.3, 0.4) is 0 Å². The molecule has 0 fully saturated rings. The van der Waals surface area contributed by atoms with Crippen molar-refractivity contribution in [1.29, 1.82) is 0 Å². The molecule has 0 radical (unpaired) electrons. The number of aliphatic hydroxyl groups is 1. The van der Waals surface area contributed by atoms with E-state index in [0.29, 0.717) is 6.42 Å². The van der Waals surface area contributed by atoms with Gasteiger partial charge in [-0.1, -0.05) is 48.0 Å². The van der Waals surface area contributed by atoms with E-state index in [9.17, 15) is 29.4 Å². The molecule has 180 valence electrons. The first-order valence-corrected chi connectivity index (χ1v) is 10.8. The van der Waals surface area contributed by atoms with Gasteiger partial charge in [0.2, 0.25) is 17.7 Å². The smallest absolute Gasteiger partial charge is 0.326 e. The van der Waals surface area contributed by atoms with Gasteiger partial charge in [0.1, 0.15) is 18.1 Å². The summed E-state index contributed by atoms with van der Waals surface area (Å²) in [4.78, 5) is 49.3. The van der Waals surface area contributed by atoms with Gasteiger partial charge in [0.05, 0.1) is 12.1 Å². The van der Waals surface area contributed by atoms with Crippen LogP contribution < -0.4 is 21.7 Å². The molecular formula is C21H40N4O6. The molecule has 0 aromatic rings. The number of nitrogens with one attached hydrogen (secondary N) is 3. The van der Waals surface area contributed by atoms with Crippen molar-refractivity contribution in [2.75, 3.05) is 0 Å². The van der Waals surface area contributed by atoms with E-state index in [1.54, 1.807) is 13.8 Å². The van der Waals surface area contributed by atoms with E-state index < -0.39 is 54.0 Å². The molecule has 0 aromatic heterocycles. The summed E-state index contributed by atoms with van der Waals surface area (Å²) >= 11 is 0. The number of carbonyl (C=O) groups excluding carboxylic acids is 3. The summed E-state index contributed by atoms with van der Waals surface area (Å²) in [5, 5.41) is 26.8. The fourth-order valence-electron chi connectivity index (χ4n) is 2.90. The van der Waals surface area contributed by atoms with Gasteiger partial charge in [-0.25, -0.2) is 4.79 Å². The molecular weight excluding hydrogens is 404 g/mol. The van der Waals surface area contributed by atoms with Crippen LogP contribution in [0, 0.1) is 17.8 Å². The number of hydrogen-bond acceptors (Lipinski definition) is 6. The molecule has 3 amide bonds. The second kappa shape index (κ2) is 13.3. The third-order valence-corrected chi connectivity index (χ3v) is 5.19. The predicted octanol–water partition coefficient (Wildman–Crippen LogP) is -0.0183. The van der Waals surface area contributed by atoms with Crippen molar-refractivity contribution in [3.05, 3.63) is 0 Å². The van der Waals surface area contributed by atoms with Crippen LogP contribution in [0.25, 0.3) is 0 Å². The highest BCUT2D eigenvalue weighted by molar-refractivity contribution is 5.94. The first-order valence-electron chi connectivity index (χ1n) is 10.8. The average molecular weight is 445 g/mol. The maximum Gasteiger partial charge on any atom is 0.326 e. The molecule has 0 rings (SSSR count). The van der Waals surface area contributed by atoms with Crippen molar-refractivity contribution in [2.24, 2.45) is 23.5 Å². The molecule has 0 aliphatic heterocycles. The van der Waals surface area contributed by atoms with Crippen LogP contribution >= 0.6 is 0 Å². The second-order valence-electron chi connectivity index (χ2n) is 8.90. The quantitative estimate of drug-likeness (QED) is 0.232. The number of amides is 3. The Morgan fingerprint density at radius 2 is 1.32 bits per heavy atom. The van der Waals surface area contributed by atoms with Crippen molar-refractivity contribution < 1.29 is 29.4 Å². The van der Waals surface area contributed by atoms with Gasteiger partial charge < -0.3 is 31.9 Å². The molecule has 0 bridgehead atoms. The normalized spacial score (nSPS) is 17.3. The van der Waals surface area contributed by atoms with Gasteiger partial charge in [-0.3, -0.25) is 14.4 Å². The molecule has 0 heterocycles. The van der Waals surface area contributed by atoms with Gasteiger partial charge in [-0.05, 0) is 31.1 Å². The number of carboxylic acid groups (broad SMARTS) is 1. The number of carboxylic acids is 1. The number of carbonyl (C=O) groups is 4. The molecule has 0 spiro atoms. The topological polar surface area (TPSA) is 171 Å². The Balaban J connectivity index is 5.38. The molecule has 0 aliphatic carbocycles. The number of rotatable bonds is 13. The second-order valence-corrected chi connectivity index (χ2v) is 8.90. The first kappa shape index (κ1) is 28.8. The zero-order valence-electron chi connectivity index (χ0n) is 19.6. The lowest BCUT2D eigenvalue weighted by atomic mass is 9.97. The van der Waals surface area contributed by atoms with Crippen molar-refractivity contribution >= 4 is 23.7 Å². The summed E-state index contributed by atoms with van der Waals surface area (Å²) in [6.45, 7) is 12.1. The lowest BCUT2D eigenvalue weighted by Gasteiger charge is -2.29. The van der Waals surface area contributed by atoms with Crippen molar-refractivity contribution in [1.82, 2.24) is 16.0 Å². The van der Waals surface area contributed by atoms with E-state index in [4.69, 9.17) is 5.73 Å². The molecule has 6 unspecified atom stereocenters. The zero-order valence-corrected chi connectivity index (χ0v) is 19.6. The van der Waals surface area contributed by atoms with Crippen molar-refractivity contribution in [2.45, 2.75) is 91.6 Å². The molecule has 0 saturated heterocycles. The van der Waals surface area contributed by atoms with Crippen LogP contribution in [0.15, 0.2) is 0 Å². The van der Waals surface area contributed by atoms with Gasteiger partial charge in [0.25, 0.3) is 0 Å². The van der Waals surface area contributed by atoms with E-state index in [1.807, 2.05) is 27.7 Å². The minimum absolute atomic E-state index is 0.0104. The Bertz CT molecular complexity index is 623. The van der Waals surface area contributed by atoms with Gasteiger partial charge >= 0.3 is 5.97 Å². The fourth-order valence-corrected chi connectivity index (χ4v) is 2.90. The maximum absolute atomic E-state index is 12.8. The molecule has 31 heavy (non-hydrogen) atoms. The van der Waals surface area contributed by atoms with Crippen molar-refractivity contribution in [3.63, 3.8) is 0 Å². The molecule has 0 aromatic carbocycles. The highest BCUT2D eigenvalue weighted by Gasteiger charge is 2.34. The summed E-state index contributed by atoms with van der Waals surface area (Å²) in [5.41, 5.74) is 5.94. The minimum atomic E-state index is -1.39. The highest BCUT2D eigenvalue weighted by atomic mass is 16.4. The van der Waals surface area contributed by atoms with E-state index in [1.165, 1.54) is 6.92 Å². The number of hydrogen-bond donors (Lipinski definition) is 6. The van der Waals surface area contributed by atoms with Crippen LogP contribution in [0.4, 0.5) is 0 Å². The standard InChI is InChI=1S/C21H40N4O6/c1-8-12(6)15(22)18(27)24-16(11(4)5)19(28)25-17(13(7)26)20(29)23-14(21(30)31)9-10(2)3/h10-17,26H,8-9,22H2,1-7H3,(H,23,29)(H,24,27)(H,25,28)(H,30,31). The van der Waals surface area contributed by atoms with Gasteiger partial charge in [-0.2, -0.15) is 0 Å². The molecule has 0 aliphatic rings.